The van der Waals surface area contributed by atoms with Gasteiger partial charge in [0.2, 0.25) is 5.91 Å². The molecule has 1 aliphatic heterocycles. The number of rotatable bonds is 6. The van der Waals surface area contributed by atoms with Crippen molar-refractivity contribution in [2.75, 3.05) is 42.9 Å². The number of hydrogen-bond donors (Lipinski definition) is 3. The number of nitrogens with zero attached hydrogens (tertiary/aromatic N) is 5. The van der Waals surface area contributed by atoms with Crippen LogP contribution in [0.25, 0.3) is 22.4 Å². The van der Waals surface area contributed by atoms with Crippen LogP contribution in [0.15, 0.2) is 24.5 Å². The van der Waals surface area contributed by atoms with Gasteiger partial charge in [-0.1, -0.05) is 11.6 Å². The third-order valence-electron chi connectivity index (χ3n) is 5.93. The number of carbonyl (C=O) groups is 2. The Morgan fingerprint density at radius 2 is 1.88 bits per heavy atom. The second kappa shape index (κ2) is 11.4. The monoisotopic (exact) mass is 588 g/mol. The van der Waals surface area contributed by atoms with Crippen LogP contribution >= 0.6 is 11.6 Å². The van der Waals surface area contributed by atoms with Gasteiger partial charge in [0.1, 0.15) is 35.5 Å². The molecule has 0 spiro atoms. The minimum Gasteiger partial charge on any atom is -0.444 e. The van der Waals surface area contributed by atoms with E-state index in [1.807, 2.05) is 10.2 Å². The van der Waals surface area contributed by atoms with Crippen LogP contribution in [0.5, 0.6) is 0 Å². The number of piperazine rings is 1. The maximum atomic E-state index is 12.6. The molecule has 0 saturated carbocycles. The molecule has 3 aromatic rings. The van der Waals surface area contributed by atoms with Crippen LogP contribution in [0.3, 0.4) is 0 Å². The van der Waals surface area contributed by atoms with E-state index in [4.69, 9.17) is 21.3 Å². The van der Waals surface area contributed by atoms with Crippen molar-refractivity contribution in [3.63, 3.8) is 0 Å². The molecule has 1 saturated heterocycles. The lowest BCUT2D eigenvalue weighted by Crippen LogP contribution is -2.50. The van der Waals surface area contributed by atoms with Gasteiger partial charge in [0, 0.05) is 59.9 Å². The molecule has 40 heavy (non-hydrogen) atoms. The van der Waals surface area contributed by atoms with Crippen LogP contribution in [0.1, 0.15) is 32.0 Å². The first-order chi connectivity index (χ1) is 18.7. The zero-order valence-electron chi connectivity index (χ0n) is 22.4. The van der Waals surface area contributed by atoms with Crippen LogP contribution < -0.4 is 15.5 Å². The van der Waals surface area contributed by atoms with E-state index < -0.39 is 36.4 Å². The number of alkyl halides is 3. The second-order valence-electron chi connectivity index (χ2n) is 10.3. The molecule has 1 atom stereocenters. The first kappa shape index (κ1) is 29.2. The van der Waals surface area contributed by atoms with E-state index >= 15 is 0 Å². The summed E-state index contributed by atoms with van der Waals surface area (Å²) in [5.74, 6) is 0.179. The molecule has 15 heteroatoms. The van der Waals surface area contributed by atoms with Crippen molar-refractivity contribution in [2.45, 2.75) is 45.5 Å². The van der Waals surface area contributed by atoms with Crippen LogP contribution in [0.2, 0.25) is 5.02 Å². The van der Waals surface area contributed by atoms with Crippen molar-refractivity contribution in [1.82, 2.24) is 30.2 Å². The normalized spacial score (nSPS) is 15.2. The van der Waals surface area contributed by atoms with Crippen molar-refractivity contribution in [1.29, 1.82) is 0 Å². The first-order valence-corrected chi connectivity index (χ1v) is 12.9. The van der Waals surface area contributed by atoms with Gasteiger partial charge in [0.25, 0.3) is 0 Å². The van der Waals surface area contributed by atoms with Crippen molar-refractivity contribution < 1.29 is 31.8 Å². The summed E-state index contributed by atoms with van der Waals surface area (Å²) in [4.78, 5) is 44.9. The number of amides is 2. The fraction of sp³-hybridized carbons (Fsp3) is 0.480. The Bertz CT molecular complexity index is 1400. The number of fused-ring (bicyclic) bond motifs is 1. The number of carbonyl (C=O) groups excluding carboxylic acids is 2. The average molecular weight is 589 g/mol. The lowest BCUT2D eigenvalue weighted by molar-refractivity contribution is -0.138. The summed E-state index contributed by atoms with van der Waals surface area (Å²) in [7, 11) is 0. The molecule has 0 radical (unpaired) electrons. The molecule has 1 aliphatic rings. The zero-order valence-corrected chi connectivity index (χ0v) is 23.2. The van der Waals surface area contributed by atoms with E-state index in [-0.39, 0.29) is 15.9 Å². The Balaban J connectivity index is 0.00000308. The Morgan fingerprint density at radius 1 is 1.18 bits per heavy atom. The van der Waals surface area contributed by atoms with E-state index in [0.29, 0.717) is 53.6 Å². The molecule has 3 aromatic heterocycles. The van der Waals surface area contributed by atoms with Gasteiger partial charge in [0.05, 0.1) is 5.02 Å². The molecule has 0 bridgehead atoms. The summed E-state index contributed by atoms with van der Waals surface area (Å²) in [6, 6.07) is 2.30. The summed E-state index contributed by atoms with van der Waals surface area (Å²) in [6.07, 6.45) is -1.76. The number of ether oxygens (including phenoxy) is 1. The highest BCUT2D eigenvalue weighted by molar-refractivity contribution is 6.31. The molecule has 4 rings (SSSR count). The fourth-order valence-electron chi connectivity index (χ4n) is 4.03. The minimum atomic E-state index is -4.53. The Labute approximate surface area is 237 Å². The maximum absolute atomic E-state index is 12.6. The Morgan fingerprint density at radius 3 is 2.52 bits per heavy atom. The number of hydrogen-bond acceptors (Lipinski definition) is 8. The van der Waals surface area contributed by atoms with Gasteiger partial charge in [-0.3, -0.25) is 4.79 Å². The number of pyridine rings is 1. The SMILES string of the molecule is C[C@H](Nc1cc(N2CCN(C(=O)OC(C)(C)C)CC2)nc(-c2c[nH]c3ncc(Cl)cc23)n1)C(=O)NCC(F)(F)F.[HH].[HH].[HH]. The topological polar surface area (TPSA) is 128 Å². The van der Waals surface area contributed by atoms with Crippen LogP contribution in [-0.2, 0) is 9.53 Å². The molecular formula is C25H36ClF3N8O3. The first-order valence-electron chi connectivity index (χ1n) is 12.5. The molecular weight excluding hydrogens is 553 g/mol. The maximum Gasteiger partial charge on any atom is 0.410 e. The lowest BCUT2D eigenvalue weighted by Gasteiger charge is -2.36. The van der Waals surface area contributed by atoms with Crippen molar-refractivity contribution in [3.05, 3.63) is 29.5 Å². The summed E-state index contributed by atoms with van der Waals surface area (Å²) >= 11 is 6.16. The third kappa shape index (κ3) is 7.43. The van der Waals surface area contributed by atoms with Crippen LogP contribution in [0.4, 0.5) is 29.6 Å². The van der Waals surface area contributed by atoms with E-state index in [0.717, 1.165) is 0 Å². The van der Waals surface area contributed by atoms with Crippen molar-refractivity contribution in [2.24, 2.45) is 0 Å². The van der Waals surface area contributed by atoms with Crippen LogP contribution in [0, 0.1) is 0 Å². The van der Waals surface area contributed by atoms with Gasteiger partial charge < -0.3 is 30.2 Å². The van der Waals surface area contributed by atoms with Gasteiger partial charge in [-0.15, -0.1) is 0 Å². The summed E-state index contributed by atoms with van der Waals surface area (Å²) in [5, 5.41) is 5.83. The minimum absolute atomic E-state index is 0. The molecule has 11 nitrogen and oxygen atoms in total. The number of nitrogens with one attached hydrogen (secondary N) is 3. The van der Waals surface area contributed by atoms with Gasteiger partial charge >= 0.3 is 12.3 Å². The van der Waals surface area contributed by atoms with E-state index in [1.165, 1.54) is 13.1 Å². The van der Waals surface area contributed by atoms with Gasteiger partial charge in [-0.2, -0.15) is 13.2 Å². The number of anilines is 2. The summed E-state index contributed by atoms with van der Waals surface area (Å²) in [5.41, 5.74) is 0.543. The number of aromatic nitrogens is 4. The molecule has 0 aliphatic carbocycles. The number of halogens is 4. The van der Waals surface area contributed by atoms with Crippen molar-refractivity contribution >= 4 is 46.3 Å². The average Bonchev–Trinajstić information content (AvgIpc) is 3.28. The largest absolute Gasteiger partial charge is 0.444 e. The molecule has 0 aromatic carbocycles. The number of aromatic amines is 1. The van der Waals surface area contributed by atoms with E-state index in [9.17, 15) is 22.8 Å². The highest BCUT2D eigenvalue weighted by atomic mass is 35.5. The fourth-order valence-corrected chi connectivity index (χ4v) is 4.18. The highest BCUT2D eigenvalue weighted by Gasteiger charge is 2.30. The Hall–Kier alpha value is -3.81. The quantitative estimate of drug-likeness (QED) is 0.369. The molecule has 222 valence electrons. The molecule has 3 N–H and O–H groups in total. The molecule has 1 fully saturated rings. The molecule has 2 amide bonds. The van der Waals surface area contributed by atoms with E-state index in [1.54, 1.807) is 44.0 Å². The Kier molecular flexibility index (Phi) is 8.28. The lowest BCUT2D eigenvalue weighted by atomic mass is 10.2. The predicted octanol–water partition coefficient (Wildman–Crippen LogP) is 4.95. The smallest absolute Gasteiger partial charge is 0.410 e. The standard InChI is InChI=1S/C25H30ClF3N8O3.3H2/c1-14(22(38)32-13-25(27,28)29)33-18-10-19(36-5-7-37(8-6-36)23(39)40-24(2,3)4)35-21(34-18)17-12-31-20-16(17)9-15(26)11-30-20;;;/h9-12,14H,5-8,13H2,1-4H3,(H,30,31)(H,32,38)(H,33,34,35);3*1H/t14-;;;/m0.../s1. The number of H-pyrrole nitrogens is 1. The van der Waals surface area contributed by atoms with Gasteiger partial charge in [-0.05, 0) is 33.8 Å². The van der Waals surface area contributed by atoms with Gasteiger partial charge in [0.15, 0.2) is 5.82 Å². The zero-order chi connectivity index (χ0) is 29.2. The van der Waals surface area contributed by atoms with Crippen LogP contribution in [-0.4, -0.2) is 87.4 Å². The highest BCUT2D eigenvalue weighted by Crippen LogP contribution is 2.30. The van der Waals surface area contributed by atoms with Gasteiger partial charge in [-0.25, -0.2) is 19.7 Å². The summed E-state index contributed by atoms with van der Waals surface area (Å²) < 4.78 is 43.2. The molecule has 4 heterocycles. The van der Waals surface area contributed by atoms with E-state index in [2.05, 4.69) is 20.3 Å². The summed E-state index contributed by atoms with van der Waals surface area (Å²) in [6.45, 7) is 7.06. The predicted molar refractivity (Wildman–Crippen MR) is 151 cm³/mol. The second-order valence-corrected chi connectivity index (χ2v) is 10.8. The third-order valence-corrected chi connectivity index (χ3v) is 6.13. The molecule has 0 unspecified atom stereocenters. The van der Waals surface area contributed by atoms with Crippen molar-refractivity contribution in [3.8, 4) is 11.4 Å².